The molecule has 0 saturated carbocycles. The van der Waals surface area contributed by atoms with E-state index in [9.17, 15) is 48.9 Å². The van der Waals surface area contributed by atoms with E-state index in [1.54, 1.807) is 0 Å². The van der Waals surface area contributed by atoms with Crippen LogP contribution in [0.15, 0.2) is 16.9 Å². The zero-order valence-corrected chi connectivity index (χ0v) is 25.7. The lowest BCUT2D eigenvalue weighted by atomic mass is 10.0. The van der Waals surface area contributed by atoms with E-state index in [1.807, 2.05) is 5.32 Å². The third-order valence-electron chi connectivity index (χ3n) is 6.91. The van der Waals surface area contributed by atoms with Crippen LogP contribution >= 0.6 is 0 Å². The molecule has 1 saturated heterocycles. The molecule has 0 bridgehead atoms. The first kappa shape index (κ1) is 39.1. The zero-order valence-electron chi connectivity index (χ0n) is 25.7. The van der Waals surface area contributed by atoms with Crippen molar-refractivity contribution < 1.29 is 48.9 Å². The molecule has 7 unspecified atom stereocenters. The highest BCUT2D eigenvalue weighted by Gasteiger charge is 2.38. The number of aliphatic imine (C=N–C) groups is 1. The second-order valence-corrected chi connectivity index (χ2v) is 10.7. The Hall–Kier alpha value is -5.10. The van der Waals surface area contributed by atoms with Gasteiger partial charge in [-0.05, 0) is 19.4 Å². The average molecular weight is 686 g/mol. The van der Waals surface area contributed by atoms with Crippen molar-refractivity contribution in [1.29, 1.82) is 0 Å². The van der Waals surface area contributed by atoms with Gasteiger partial charge in [-0.2, -0.15) is 0 Å². The Morgan fingerprint density at radius 2 is 1.62 bits per heavy atom. The fourth-order valence-electron chi connectivity index (χ4n) is 4.46. The number of urea groups is 1. The van der Waals surface area contributed by atoms with Gasteiger partial charge >= 0.3 is 6.03 Å². The number of hydrogen-bond donors (Lipinski definition) is 15. The minimum absolute atomic E-state index is 0.259. The molecule has 2 aliphatic heterocycles. The molecule has 2 rings (SSSR count). The first-order valence-corrected chi connectivity index (χ1v) is 14.7. The smallest absolute Gasteiger partial charge is 0.316 e. The van der Waals surface area contributed by atoms with Crippen molar-refractivity contribution in [2.75, 3.05) is 26.3 Å². The van der Waals surface area contributed by atoms with Crippen molar-refractivity contribution in [2.24, 2.45) is 27.9 Å². The molecule has 0 aromatic rings. The molecule has 0 aromatic heterocycles. The normalized spacial score (nSPS) is 27.6. The molecule has 0 radical (unpaired) electrons. The number of amides is 8. The van der Waals surface area contributed by atoms with Crippen molar-refractivity contribution in [3.63, 3.8) is 0 Å². The third kappa shape index (κ3) is 12.3. The van der Waals surface area contributed by atoms with E-state index in [-0.39, 0.29) is 18.8 Å². The average Bonchev–Trinajstić information content (AvgIpc) is 3.02. The summed E-state index contributed by atoms with van der Waals surface area (Å²) in [5.74, 6) is -6.66. The van der Waals surface area contributed by atoms with Gasteiger partial charge in [0.1, 0.15) is 29.9 Å². The Morgan fingerprint density at radius 1 is 0.979 bits per heavy atom. The summed E-state index contributed by atoms with van der Waals surface area (Å²) < 4.78 is 0. The number of nitrogens with zero attached hydrogens (tertiary/aromatic N) is 1. The van der Waals surface area contributed by atoms with E-state index in [0.29, 0.717) is 25.6 Å². The summed E-state index contributed by atoms with van der Waals surface area (Å²) in [4.78, 5) is 94.0. The number of guanidine groups is 1. The summed E-state index contributed by atoms with van der Waals surface area (Å²) in [6.07, 6.45) is -0.365. The van der Waals surface area contributed by atoms with E-state index < -0.39 is 109 Å². The fraction of sp³-hybridized carbons (Fsp3) is 0.600. The SMILES string of the molecule is NCCCC(N)CC(=O)NC1CNC(=O)C(=CNC(N)=O)NC(=O)C(CO)NC(=O)C(CO)NC(=O)C(C2CC(O)N=C(N)N2)NC1=O. The quantitative estimate of drug-likeness (QED) is 0.0950. The van der Waals surface area contributed by atoms with Crippen LogP contribution in [-0.2, 0) is 28.8 Å². The summed E-state index contributed by atoms with van der Waals surface area (Å²) in [6.45, 7) is -2.40. The van der Waals surface area contributed by atoms with Gasteiger partial charge in [0.05, 0.1) is 19.3 Å². The summed E-state index contributed by atoms with van der Waals surface area (Å²) in [6, 6.07) is -9.73. The lowest BCUT2D eigenvalue weighted by Crippen LogP contribution is -2.66. The molecule has 23 heteroatoms. The first-order chi connectivity index (χ1) is 22.7. The van der Waals surface area contributed by atoms with Crippen molar-refractivity contribution in [1.82, 2.24) is 42.5 Å². The van der Waals surface area contributed by atoms with Crippen LogP contribution in [0.3, 0.4) is 0 Å². The van der Waals surface area contributed by atoms with Crippen LogP contribution in [0, 0.1) is 0 Å². The van der Waals surface area contributed by atoms with E-state index in [0.717, 1.165) is 0 Å². The highest BCUT2D eigenvalue weighted by atomic mass is 16.3. The molecule has 19 N–H and O–H groups in total. The van der Waals surface area contributed by atoms with Crippen molar-refractivity contribution in [3.05, 3.63) is 11.9 Å². The predicted molar refractivity (Wildman–Crippen MR) is 164 cm³/mol. The largest absolute Gasteiger partial charge is 0.394 e. The summed E-state index contributed by atoms with van der Waals surface area (Å²) in [5, 5.41) is 47.9. The minimum atomic E-state index is -1.76. The first-order valence-electron chi connectivity index (χ1n) is 14.7. The number of nitrogens with two attached hydrogens (primary N) is 4. The molecule has 1 fully saturated rings. The van der Waals surface area contributed by atoms with Crippen LogP contribution in [0.1, 0.15) is 25.7 Å². The van der Waals surface area contributed by atoms with Gasteiger partial charge in [0.25, 0.3) is 5.91 Å². The number of hydrogen-bond acceptors (Lipinski definition) is 15. The molecule has 48 heavy (non-hydrogen) atoms. The topological polar surface area (TPSA) is 393 Å². The Bertz CT molecular complexity index is 1280. The number of aliphatic hydroxyl groups excluding tert-OH is 3. The number of rotatable bonds is 10. The van der Waals surface area contributed by atoms with E-state index >= 15 is 0 Å². The van der Waals surface area contributed by atoms with Gasteiger partial charge in [-0.3, -0.25) is 28.8 Å². The number of nitrogens with one attached hydrogen (secondary N) is 8. The molecule has 8 amide bonds. The number of carbonyl (C=O) groups is 7. The second kappa shape index (κ2) is 18.9. The monoisotopic (exact) mass is 685 g/mol. The molecule has 23 nitrogen and oxygen atoms in total. The van der Waals surface area contributed by atoms with Crippen LogP contribution in [0.25, 0.3) is 0 Å². The van der Waals surface area contributed by atoms with Crippen molar-refractivity contribution >= 4 is 47.4 Å². The number of primary amides is 1. The van der Waals surface area contributed by atoms with Crippen molar-refractivity contribution in [3.8, 4) is 0 Å². The highest BCUT2D eigenvalue weighted by Crippen LogP contribution is 2.11. The Morgan fingerprint density at radius 3 is 2.23 bits per heavy atom. The third-order valence-corrected chi connectivity index (χ3v) is 6.91. The minimum Gasteiger partial charge on any atom is -0.394 e. The molecule has 2 aliphatic rings. The number of carbonyl (C=O) groups excluding carboxylic acids is 7. The highest BCUT2D eigenvalue weighted by molar-refractivity contribution is 6.01. The Kier molecular flexibility index (Phi) is 15.4. The number of aliphatic hydroxyl groups is 3. The van der Waals surface area contributed by atoms with Crippen LogP contribution in [0.5, 0.6) is 0 Å². The van der Waals surface area contributed by atoms with E-state index in [2.05, 4.69) is 42.2 Å². The van der Waals surface area contributed by atoms with Gasteiger partial charge in [-0.25, -0.2) is 9.79 Å². The van der Waals surface area contributed by atoms with Gasteiger partial charge in [0.2, 0.25) is 29.5 Å². The van der Waals surface area contributed by atoms with E-state index in [1.165, 1.54) is 0 Å². The maximum absolute atomic E-state index is 13.6. The maximum Gasteiger partial charge on any atom is 0.316 e. The van der Waals surface area contributed by atoms with Gasteiger partial charge in [0.15, 0.2) is 12.2 Å². The molecule has 0 aromatic carbocycles. The molecular formula is C25H43N13O10. The van der Waals surface area contributed by atoms with Crippen LogP contribution < -0.4 is 65.5 Å². The zero-order chi connectivity index (χ0) is 36.0. The molecular weight excluding hydrogens is 642 g/mol. The summed E-state index contributed by atoms with van der Waals surface area (Å²) in [5.41, 5.74) is 21.6. The predicted octanol–water partition coefficient (Wildman–Crippen LogP) is -8.88. The van der Waals surface area contributed by atoms with E-state index in [4.69, 9.17) is 22.9 Å². The standard InChI is InChI=1S/C25H43N13O10/c26-3-1-2-10(27)4-16(41)32-13-6-30-19(43)12(7-31-25(29)48)33-21(45)14(8-39)34-22(46)15(9-40)35-23(47)18(38-20(13)44)11-5-17(42)37-24(28)36-11/h7,10-11,13-15,17-18,39-40,42H,1-6,8-9,26-27H2,(H,30,43)(H,32,41)(H,33,45)(H,34,46)(H,35,47)(H,38,44)(H3,28,36,37)(H3,29,31,48). The molecule has 2 heterocycles. The van der Waals surface area contributed by atoms with Gasteiger partial charge in [-0.15, -0.1) is 0 Å². The fourth-order valence-corrected chi connectivity index (χ4v) is 4.46. The summed E-state index contributed by atoms with van der Waals surface area (Å²) >= 11 is 0. The van der Waals surface area contributed by atoms with Crippen LogP contribution in [0.4, 0.5) is 4.79 Å². The second-order valence-electron chi connectivity index (χ2n) is 10.7. The maximum atomic E-state index is 13.6. The van der Waals surface area contributed by atoms with Gasteiger partial charge in [0, 0.05) is 31.6 Å². The van der Waals surface area contributed by atoms with Gasteiger partial charge in [-0.1, -0.05) is 0 Å². The molecule has 7 atom stereocenters. The molecule has 0 aliphatic carbocycles. The van der Waals surface area contributed by atoms with Gasteiger partial charge < -0.3 is 80.8 Å². The molecule has 268 valence electrons. The van der Waals surface area contributed by atoms with Crippen LogP contribution in [0.2, 0.25) is 0 Å². The lowest BCUT2D eigenvalue weighted by Gasteiger charge is -2.34. The van der Waals surface area contributed by atoms with Crippen LogP contribution in [-0.4, -0.2) is 132 Å². The Labute approximate surface area is 273 Å². The lowest BCUT2D eigenvalue weighted by molar-refractivity contribution is -0.136. The molecule has 0 spiro atoms. The van der Waals surface area contributed by atoms with Crippen molar-refractivity contribution in [2.45, 2.75) is 68.2 Å². The summed E-state index contributed by atoms with van der Waals surface area (Å²) in [7, 11) is 0. The Balaban J connectivity index is 2.55.